The van der Waals surface area contributed by atoms with Crippen LogP contribution in [0.25, 0.3) is 21.9 Å². The fraction of sp³-hybridized carbons (Fsp3) is 0.220. The molecule has 12 aromatic rings. The highest BCUT2D eigenvalue weighted by Crippen LogP contribution is 2.45. The minimum Gasteiger partial charge on any atom is -0.462 e. The number of benzene rings is 10. The fourth-order valence-electron chi connectivity index (χ4n) is 11.1. The van der Waals surface area contributed by atoms with E-state index in [1.54, 1.807) is 6.26 Å². The highest BCUT2D eigenvalue weighted by atomic mass is 35.5. The molecule has 0 unspecified atom stereocenters. The standard InChI is InChI=1S/C41H42N2O.C27H32ClN.C14H11NO/c1-29-25-35(27-36(26-29)43(32-13-9-8-10-14-32)38-28-44-39-16-12-11-15-37(38)39)42(33-21-17-30(18-22-33)40(2,3)4)34-23-19-31(20-24-34)41(5,6)7;1-19-16-22(28)18-25(17-19)29(23-12-8-20(9-13-23)26(2,3)4)24-14-10-21(11-15-24)27(5,6)7;1-2-6-11(7-3-1)15-13-10-16-14-9-5-4-8-12(13)14/h8-28H,1-7H3;8-18H,1-7H3;1-10,15H. The molecule has 1 N–H and O–H groups in total. The summed E-state index contributed by atoms with van der Waals surface area (Å²) in [6.45, 7) is 31.3. The largest absolute Gasteiger partial charge is 0.462 e. The van der Waals surface area contributed by atoms with Gasteiger partial charge in [-0.25, -0.2) is 0 Å². The van der Waals surface area contributed by atoms with E-state index in [0.717, 1.165) is 95.1 Å². The Kier molecular flexibility index (Phi) is 18.5. The summed E-state index contributed by atoms with van der Waals surface area (Å²) in [5.41, 5.74) is 21.7. The summed E-state index contributed by atoms with van der Waals surface area (Å²) in [7, 11) is 0. The number of nitrogens with zero attached hydrogens (tertiary/aromatic N) is 3. The third-order valence-corrected chi connectivity index (χ3v) is 16.3. The van der Waals surface area contributed by atoms with Crippen molar-refractivity contribution in [1.29, 1.82) is 0 Å². The van der Waals surface area contributed by atoms with E-state index < -0.39 is 0 Å². The lowest BCUT2D eigenvalue weighted by Gasteiger charge is -2.30. The summed E-state index contributed by atoms with van der Waals surface area (Å²) in [6.07, 6.45) is 3.62. The van der Waals surface area contributed by atoms with Crippen molar-refractivity contribution < 1.29 is 8.83 Å². The first-order chi connectivity index (χ1) is 42.4. The molecule has 10 aromatic carbocycles. The molecule has 0 aliphatic rings. The maximum absolute atomic E-state index is 6.41. The number of nitrogens with one attached hydrogen (secondary N) is 1. The van der Waals surface area contributed by atoms with Gasteiger partial charge in [-0.2, -0.15) is 0 Å². The van der Waals surface area contributed by atoms with Gasteiger partial charge in [-0.15, -0.1) is 0 Å². The van der Waals surface area contributed by atoms with E-state index in [-0.39, 0.29) is 21.7 Å². The van der Waals surface area contributed by atoms with Crippen LogP contribution in [-0.2, 0) is 21.7 Å². The molecule has 2 heterocycles. The molecule has 2 aromatic heterocycles. The molecule has 7 heteroatoms. The third kappa shape index (κ3) is 15.2. The van der Waals surface area contributed by atoms with Crippen molar-refractivity contribution in [1.82, 2.24) is 0 Å². The Morgan fingerprint density at radius 3 is 1.08 bits per heavy atom. The molecule has 0 atom stereocenters. The first kappa shape index (κ1) is 62.8. The monoisotopic (exact) mass is 1190 g/mol. The Morgan fingerprint density at radius 1 is 0.315 bits per heavy atom. The Labute approximate surface area is 534 Å². The van der Waals surface area contributed by atoms with Gasteiger partial charge in [0.15, 0.2) is 0 Å². The minimum absolute atomic E-state index is 0.0811. The second-order valence-corrected chi connectivity index (χ2v) is 27.7. The Hall–Kier alpha value is -9.23. The molecule has 452 valence electrons. The van der Waals surface area contributed by atoms with Crippen LogP contribution < -0.4 is 20.0 Å². The molecule has 0 spiro atoms. The summed E-state index contributed by atoms with van der Waals surface area (Å²) in [6, 6.07) is 85.6. The van der Waals surface area contributed by atoms with E-state index in [1.165, 1.54) is 27.8 Å². The molecule has 12 rings (SSSR count). The van der Waals surface area contributed by atoms with Gasteiger partial charge in [0.1, 0.15) is 23.7 Å². The van der Waals surface area contributed by atoms with Crippen molar-refractivity contribution in [3.63, 3.8) is 0 Å². The summed E-state index contributed by atoms with van der Waals surface area (Å²) >= 11 is 6.41. The van der Waals surface area contributed by atoms with Crippen LogP contribution in [0.5, 0.6) is 0 Å². The van der Waals surface area contributed by atoms with Crippen LogP contribution in [0.4, 0.5) is 62.6 Å². The molecule has 0 aliphatic heterocycles. The molecule has 0 saturated heterocycles. The third-order valence-electron chi connectivity index (χ3n) is 16.1. The Balaban J connectivity index is 0.000000165. The van der Waals surface area contributed by atoms with Gasteiger partial charge in [-0.3, -0.25) is 0 Å². The molecule has 6 nitrogen and oxygen atoms in total. The smallest absolute Gasteiger partial charge is 0.136 e. The van der Waals surface area contributed by atoms with E-state index in [2.05, 4.69) is 281 Å². The first-order valence-electron chi connectivity index (χ1n) is 30.9. The van der Waals surface area contributed by atoms with Crippen molar-refractivity contribution in [2.45, 2.75) is 119 Å². The van der Waals surface area contributed by atoms with Crippen molar-refractivity contribution in [3.05, 3.63) is 294 Å². The summed E-state index contributed by atoms with van der Waals surface area (Å²) in [5, 5.41) is 6.26. The molecule has 0 aliphatic carbocycles. The molecule has 0 fully saturated rings. The van der Waals surface area contributed by atoms with Crippen molar-refractivity contribution in [2.24, 2.45) is 0 Å². The SMILES string of the molecule is Cc1cc(Cl)cc(N(c2ccc(C(C)(C)C)cc2)c2ccc(C(C)(C)C)cc2)c1.Cc1cc(N(c2ccc(C(C)(C)C)cc2)c2ccc(C(C)(C)C)cc2)cc(N(c2ccccc2)c2coc3ccccc23)c1.c1ccc(Nc2coc3ccccc23)cc1. The Morgan fingerprint density at radius 2 is 0.652 bits per heavy atom. The maximum atomic E-state index is 6.41. The molecule has 0 amide bonds. The van der Waals surface area contributed by atoms with Crippen LogP contribution in [0.15, 0.2) is 264 Å². The van der Waals surface area contributed by atoms with E-state index in [0.29, 0.717) is 0 Å². The van der Waals surface area contributed by atoms with E-state index in [9.17, 15) is 0 Å². The van der Waals surface area contributed by atoms with E-state index >= 15 is 0 Å². The summed E-state index contributed by atoms with van der Waals surface area (Å²) in [4.78, 5) is 6.94. The molecule has 0 bridgehead atoms. The average Bonchev–Trinajstić information content (AvgIpc) is 1.89. The minimum atomic E-state index is 0.0811. The number of halogens is 1. The number of rotatable bonds is 11. The first-order valence-corrected chi connectivity index (χ1v) is 31.3. The molecular formula is C82H85ClN4O2. The fourth-order valence-corrected chi connectivity index (χ4v) is 11.4. The van der Waals surface area contributed by atoms with Gasteiger partial charge < -0.3 is 28.9 Å². The number of para-hydroxylation sites is 4. The maximum Gasteiger partial charge on any atom is 0.136 e. The van der Waals surface area contributed by atoms with Gasteiger partial charge in [0, 0.05) is 67.0 Å². The number of hydrogen-bond acceptors (Lipinski definition) is 6. The number of furan rings is 2. The lowest BCUT2D eigenvalue weighted by molar-refractivity contribution is 0.590. The van der Waals surface area contributed by atoms with Crippen LogP contribution in [0.2, 0.25) is 5.02 Å². The van der Waals surface area contributed by atoms with Crippen molar-refractivity contribution in [2.75, 3.05) is 20.0 Å². The van der Waals surface area contributed by atoms with Gasteiger partial charge in [0.25, 0.3) is 0 Å². The summed E-state index contributed by atoms with van der Waals surface area (Å²) in [5.74, 6) is 0. The Bertz CT molecular complexity index is 4140. The van der Waals surface area contributed by atoms with Gasteiger partial charge in [0.2, 0.25) is 0 Å². The zero-order chi connectivity index (χ0) is 63.3. The summed E-state index contributed by atoms with van der Waals surface area (Å²) < 4.78 is 11.5. The number of hydrogen-bond donors (Lipinski definition) is 1. The van der Waals surface area contributed by atoms with Crippen LogP contribution in [-0.4, -0.2) is 0 Å². The molecule has 0 radical (unpaired) electrons. The zero-order valence-electron chi connectivity index (χ0n) is 54.3. The predicted octanol–water partition coefficient (Wildman–Crippen LogP) is 25.2. The molecular weight excluding hydrogens is 1110 g/mol. The van der Waals surface area contributed by atoms with Crippen LogP contribution in [0.1, 0.15) is 116 Å². The van der Waals surface area contributed by atoms with Crippen LogP contribution in [0, 0.1) is 13.8 Å². The number of fused-ring (bicyclic) bond motifs is 2. The topological polar surface area (TPSA) is 48.0 Å². The molecule has 89 heavy (non-hydrogen) atoms. The average molecular weight is 1190 g/mol. The lowest BCUT2D eigenvalue weighted by atomic mass is 9.86. The lowest BCUT2D eigenvalue weighted by Crippen LogP contribution is -2.15. The zero-order valence-corrected chi connectivity index (χ0v) is 55.0. The van der Waals surface area contributed by atoms with Crippen LogP contribution >= 0.6 is 11.6 Å². The number of anilines is 11. The van der Waals surface area contributed by atoms with Gasteiger partial charge >= 0.3 is 0 Å². The predicted molar refractivity (Wildman–Crippen MR) is 382 cm³/mol. The normalized spacial score (nSPS) is 11.8. The quantitative estimate of drug-likeness (QED) is 0.139. The van der Waals surface area contributed by atoms with Gasteiger partial charge in [0.05, 0.1) is 11.4 Å². The van der Waals surface area contributed by atoms with Gasteiger partial charge in [-0.1, -0.05) is 204 Å². The van der Waals surface area contributed by atoms with Crippen LogP contribution in [0.3, 0.4) is 0 Å². The van der Waals surface area contributed by atoms with Crippen molar-refractivity contribution >= 4 is 96.1 Å². The highest BCUT2D eigenvalue weighted by Gasteiger charge is 2.24. The van der Waals surface area contributed by atoms with Crippen molar-refractivity contribution in [3.8, 4) is 0 Å². The highest BCUT2D eigenvalue weighted by molar-refractivity contribution is 6.31. The van der Waals surface area contributed by atoms with E-state index in [4.69, 9.17) is 20.4 Å². The number of aryl methyl sites for hydroxylation is 2. The molecule has 0 saturated carbocycles. The van der Waals surface area contributed by atoms with E-state index in [1.807, 2.05) is 85.1 Å². The second kappa shape index (κ2) is 26.2. The van der Waals surface area contributed by atoms with Gasteiger partial charge in [-0.05, 0) is 202 Å². The second-order valence-electron chi connectivity index (χ2n) is 27.3.